The summed E-state index contributed by atoms with van der Waals surface area (Å²) < 4.78 is 33.1. The monoisotopic (exact) mass is 336 g/mol. The van der Waals surface area contributed by atoms with Gasteiger partial charge in [-0.15, -0.1) is 0 Å². The highest BCUT2D eigenvalue weighted by Gasteiger charge is 2.14. The topological polar surface area (TPSA) is 52.6 Å². The second kappa shape index (κ2) is 13.3. The SMILES string of the molecule is CCCCC(CC)CCCOS(=O)(=O)OCCC(CC)CC. The van der Waals surface area contributed by atoms with Gasteiger partial charge in [0.25, 0.3) is 0 Å². The standard InChI is InChI=1S/C17H36O4S/c1-5-9-11-17(8-4)12-10-14-20-22(18,19)21-15-13-16(6-2)7-3/h16-17H,5-15H2,1-4H3. The van der Waals surface area contributed by atoms with E-state index in [1.807, 2.05) is 0 Å². The maximum Gasteiger partial charge on any atom is 0.399 e. The van der Waals surface area contributed by atoms with Gasteiger partial charge in [0.15, 0.2) is 0 Å². The van der Waals surface area contributed by atoms with Gasteiger partial charge < -0.3 is 0 Å². The quantitative estimate of drug-likeness (QED) is 0.391. The van der Waals surface area contributed by atoms with Gasteiger partial charge in [-0.2, -0.15) is 8.42 Å². The Labute approximate surface area is 138 Å². The van der Waals surface area contributed by atoms with E-state index in [9.17, 15) is 8.42 Å². The Morgan fingerprint density at radius 2 is 1.27 bits per heavy atom. The van der Waals surface area contributed by atoms with Crippen molar-refractivity contribution in [3.63, 3.8) is 0 Å². The van der Waals surface area contributed by atoms with E-state index >= 15 is 0 Å². The van der Waals surface area contributed by atoms with Gasteiger partial charge >= 0.3 is 10.4 Å². The van der Waals surface area contributed by atoms with E-state index in [0.29, 0.717) is 11.8 Å². The molecule has 1 unspecified atom stereocenters. The van der Waals surface area contributed by atoms with Crippen molar-refractivity contribution in [3.05, 3.63) is 0 Å². The largest absolute Gasteiger partial charge is 0.399 e. The Balaban J connectivity index is 3.83. The zero-order valence-electron chi connectivity index (χ0n) is 15.0. The molecular formula is C17H36O4S. The van der Waals surface area contributed by atoms with Gasteiger partial charge in [-0.1, -0.05) is 66.2 Å². The van der Waals surface area contributed by atoms with Crippen molar-refractivity contribution in [1.82, 2.24) is 0 Å². The molecule has 0 saturated heterocycles. The van der Waals surface area contributed by atoms with Gasteiger partial charge in [-0.3, -0.25) is 0 Å². The molecule has 0 amide bonds. The van der Waals surface area contributed by atoms with Crippen molar-refractivity contribution >= 4 is 10.4 Å². The third kappa shape index (κ3) is 11.4. The van der Waals surface area contributed by atoms with Crippen molar-refractivity contribution in [2.45, 2.75) is 85.5 Å². The van der Waals surface area contributed by atoms with Crippen LogP contribution in [0.5, 0.6) is 0 Å². The molecule has 0 aliphatic carbocycles. The van der Waals surface area contributed by atoms with Gasteiger partial charge in [0, 0.05) is 0 Å². The zero-order chi connectivity index (χ0) is 16.8. The van der Waals surface area contributed by atoms with Crippen LogP contribution in [-0.2, 0) is 18.8 Å². The summed E-state index contributed by atoms with van der Waals surface area (Å²) in [6.07, 6.45) is 9.52. The van der Waals surface area contributed by atoms with Crippen LogP contribution in [0.25, 0.3) is 0 Å². The predicted octanol–water partition coefficient (Wildman–Crippen LogP) is 5.09. The lowest BCUT2D eigenvalue weighted by Gasteiger charge is -2.14. The van der Waals surface area contributed by atoms with E-state index in [2.05, 4.69) is 27.7 Å². The van der Waals surface area contributed by atoms with Crippen LogP contribution in [0.4, 0.5) is 0 Å². The van der Waals surface area contributed by atoms with E-state index in [-0.39, 0.29) is 13.2 Å². The molecule has 134 valence electrons. The minimum atomic E-state index is -3.82. The van der Waals surface area contributed by atoms with Gasteiger partial charge in [0.05, 0.1) is 13.2 Å². The molecule has 0 bridgehead atoms. The van der Waals surface area contributed by atoms with Crippen LogP contribution in [-0.4, -0.2) is 21.6 Å². The first-order valence-corrected chi connectivity index (χ1v) is 10.4. The molecule has 0 aromatic rings. The lowest BCUT2D eigenvalue weighted by Crippen LogP contribution is -2.14. The van der Waals surface area contributed by atoms with Crippen LogP contribution in [0.1, 0.15) is 85.5 Å². The molecule has 5 heteroatoms. The van der Waals surface area contributed by atoms with Crippen LogP contribution >= 0.6 is 0 Å². The smallest absolute Gasteiger partial charge is 0.248 e. The Morgan fingerprint density at radius 3 is 1.82 bits per heavy atom. The molecule has 4 nitrogen and oxygen atoms in total. The molecule has 0 fully saturated rings. The number of hydrogen-bond donors (Lipinski definition) is 0. The Bertz CT molecular complexity index is 337. The Kier molecular flexibility index (Phi) is 13.2. The molecule has 0 aliphatic heterocycles. The highest BCUT2D eigenvalue weighted by Crippen LogP contribution is 2.18. The van der Waals surface area contributed by atoms with Crippen molar-refractivity contribution in [3.8, 4) is 0 Å². The van der Waals surface area contributed by atoms with Crippen LogP contribution < -0.4 is 0 Å². The first-order chi connectivity index (χ1) is 10.5. The molecular weight excluding hydrogens is 300 g/mol. The van der Waals surface area contributed by atoms with Crippen LogP contribution in [0, 0.1) is 11.8 Å². The van der Waals surface area contributed by atoms with E-state index in [1.165, 1.54) is 19.3 Å². The second-order valence-electron chi connectivity index (χ2n) is 6.08. The highest BCUT2D eigenvalue weighted by molar-refractivity contribution is 7.81. The zero-order valence-corrected chi connectivity index (χ0v) is 15.8. The predicted molar refractivity (Wildman–Crippen MR) is 92.1 cm³/mol. The molecule has 0 radical (unpaired) electrons. The summed E-state index contributed by atoms with van der Waals surface area (Å²) in [5, 5.41) is 0. The molecule has 0 aromatic heterocycles. The lowest BCUT2D eigenvalue weighted by molar-refractivity contribution is 0.195. The summed E-state index contributed by atoms with van der Waals surface area (Å²) in [7, 11) is -3.82. The molecule has 0 N–H and O–H groups in total. The number of unbranched alkanes of at least 4 members (excludes halogenated alkanes) is 1. The first-order valence-electron chi connectivity index (χ1n) is 9.02. The van der Waals surface area contributed by atoms with Gasteiger partial charge in [0.1, 0.15) is 0 Å². The third-order valence-electron chi connectivity index (χ3n) is 4.44. The molecule has 1 atom stereocenters. The van der Waals surface area contributed by atoms with Crippen LogP contribution in [0.3, 0.4) is 0 Å². The summed E-state index contributed by atoms with van der Waals surface area (Å²) in [5.74, 6) is 1.21. The van der Waals surface area contributed by atoms with E-state index in [0.717, 1.165) is 38.5 Å². The Morgan fingerprint density at radius 1 is 0.727 bits per heavy atom. The molecule has 0 spiro atoms. The molecule has 0 saturated carbocycles. The normalized spacial score (nSPS) is 13.7. The van der Waals surface area contributed by atoms with Crippen LogP contribution in [0.2, 0.25) is 0 Å². The van der Waals surface area contributed by atoms with E-state index < -0.39 is 10.4 Å². The fraction of sp³-hybridized carbons (Fsp3) is 1.00. The minimum absolute atomic E-state index is 0.225. The minimum Gasteiger partial charge on any atom is -0.248 e. The fourth-order valence-electron chi connectivity index (χ4n) is 2.63. The average molecular weight is 337 g/mol. The molecule has 22 heavy (non-hydrogen) atoms. The second-order valence-corrected chi connectivity index (χ2v) is 7.37. The summed E-state index contributed by atoms with van der Waals surface area (Å²) in [6, 6.07) is 0. The molecule has 0 aliphatic rings. The lowest BCUT2D eigenvalue weighted by atomic mass is 9.95. The third-order valence-corrected chi connectivity index (χ3v) is 5.35. The summed E-state index contributed by atoms with van der Waals surface area (Å²) in [5.41, 5.74) is 0. The van der Waals surface area contributed by atoms with Gasteiger partial charge in [-0.25, -0.2) is 8.37 Å². The molecule has 0 heterocycles. The molecule has 0 rings (SSSR count). The van der Waals surface area contributed by atoms with E-state index in [1.54, 1.807) is 0 Å². The van der Waals surface area contributed by atoms with Crippen molar-refractivity contribution in [2.24, 2.45) is 11.8 Å². The van der Waals surface area contributed by atoms with E-state index in [4.69, 9.17) is 8.37 Å². The number of rotatable bonds is 15. The van der Waals surface area contributed by atoms with Gasteiger partial charge in [-0.05, 0) is 31.1 Å². The summed E-state index contributed by atoms with van der Waals surface area (Å²) >= 11 is 0. The summed E-state index contributed by atoms with van der Waals surface area (Å²) in [4.78, 5) is 0. The van der Waals surface area contributed by atoms with Crippen molar-refractivity contribution in [1.29, 1.82) is 0 Å². The van der Waals surface area contributed by atoms with Crippen LogP contribution in [0.15, 0.2) is 0 Å². The fourth-order valence-corrected chi connectivity index (χ4v) is 3.32. The molecule has 0 aromatic carbocycles. The first kappa shape index (κ1) is 21.9. The van der Waals surface area contributed by atoms with Gasteiger partial charge in [0.2, 0.25) is 0 Å². The highest BCUT2D eigenvalue weighted by atomic mass is 32.3. The summed E-state index contributed by atoms with van der Waals surface area (Å²) in [6.45, 7) is 9.07. The maximum absolute atomic E-state index is 11.6. The maximum atomic E-state index is 11.6. The average Bonchev–Trinajstić information content (AvgIpc) is 2.51. The van der Waals surface area contributed by atoms with Crippen molar-refractivity contribution < 1.29 is 16.8 Å². The number of hydrogen-bond acceptors (Lipinski definition) is 4. The Hall–Kier alpha value is -0.130. The van der Waals surface area contributed by atoms with Crippen molar-refractivity contribution in [2.75, 3.05) is 13.2 Å².